The maximum Gasteiger partial charge on any atom is 0.0134 e. The number of benzene rings is 1. The summed E-state index contributed by atoms with van der Waals surface area (Å²) in [7, 11) is 0. The van der Waals surface area contributed by atoms with Crippen molar-refractivity contribution in [2.45, 2.75) is 13.3 Å². The molecule has 0 aliphatic rings. The van der Waals surface area contributed by atoms with Gasteiger partial charge in [-0.05, 0) is 25.5 Å². The van der Waals surface area contributed by atoms with Crippen molar-refractivity contribution in [2.75, 3.05) is 13.1 Å². The quantitative estimate of drug-likeness (QED) is 0.535. The Hall–Kier alpha value is -1.08. The Morgan fingerprint density at radius 2 is 2.00 bits per heavy atom. The fraction of sp³-hybridized carbons (Fsp3) is 0.333. The van der Waals surface area contributed by atoms with Crippen LogP contribution in [0, 0.1) is 0 Å². The Morgan fingerprint density at radius 3 is 2.69 bits per heavy atom. The van der Waals surface area contributed by atoms with Gasteiger partial charge in [0.15, 0.2) is 0 Å². The fourth-order valence-electron chi connectivity index (χ4n) is 1.18. The van der Waals surface area contributed by atoms with Gasteiger partial charge >= 0.3 is 0 Å². The molecule has 0 heterocycles. The molecule has 0 atom stereocenters. The van der Waals surface area contributed by atoms with Crippen LogP contribution in [0.2, 0.25) is 0 Å². The zero-order valence-electron chi connectivity index (χ0n) is 8.16. The van der Waals surface area contributed by atoms with E-state index in [2.05, 4.69) is 47.8 Å². The molecular weight excluding hydrogens is 158 g/mol. The monoisotopic (exact) mass is 175 g/mol. The lowest BCUT2D eigenvalue weighted by molar-refractivity contribution is 0.744. The zero-order valence-corrected chi connectivity index (χ0v) is 8.16. The van der Waals surface area contributed by atoms with E-state index < -0.39 is 0 Å². The average molecular weight is 175 g/mol. The zero-order chi connectivity index (χ0) is 9.36. The van der Waals surface area contributed by atoms with Crippen molar-refractivity contribution in [3.05, 3.63) is 48.0 Å². The van der Waals surface area contributed by atoms with E-state index in [4.69, 9.17) is 0 Å². The normalized spacial score (nSPS) is 10.8. The van der Waals surface area contributed by atoms with E-state index in [-0.39, 0.29) is 0 Å². The molecule has 1 N–H and O–H groups in total. The van der Waals surface area contributed by atoms with Crippen molar-refractivity contribution in [2.24, 2.45) is 0 Å². The van der Waals surface area contributed by atoms with Crippen LogP contribution in [-0.2, 0) is 6.42 Å². The molecule has 0 aromatic heterocycles. The standard InChI is InChI=1S/C12H17N/c1-2-3-10-13-11-9-12-7-5-4-6-8-12/h2-8,13H,9-11H2,1H3/b3-2+. The molecule has 0 aliphatic heterocycles. The van der Waals surface area contributed by atoms with Gasteiger partial charge < -0.3 is 5.32 Å². The molecule has 0 unspecified atom stereocenters. The van der Waals surface area contributed by atoms with Gasteiger partial charge in [0, 0.05) is 6.54 Å². The van der Waals surface area contributed by atoms with Gasteiger partial charge in [0.05, 0.1) is 0 Å². The molecule has 13 heavy (non-hydrogen) atoms. The molecule has 0 spiro atoms. The van der Waals surface area contributed by atoms with Crippen molar-refractivity contribution in [3.63, 3.8) is 0 Å². The van der Waals surface area contributed by atoms with Crippen LogP contribution >= 0.6 is 0 Å². The first-order chi connectivity index (χ1) is 6.43. The predicted octanol–water partition coefficient (Wildman–Crippen LogP) is 2.39. The Morgan fingerprint density at radius 1 is 1.23 bits per heavy atom. The molecule has 1 aromatic rings. The average Bonchev–Trinajstić information content (AvgIpc) is 2.19. The van der Waals surface area contributed by atoms with E-state index >= 15 is 0 Å². The summed E-state index contributed by atoms with van der Waals surface area (Å²) >= 11 is 0. The van der Waals surface area contributed by atoms with Gasteiger partial charge in [-0.3, -0.25) is 0 Å². The molecule has 1 aromatic carbocycles. The summed E-state index contributed by atoms with van der Waals surface area (Å²) in [5.74, 6) is 0. The van der Waals surface area contributed by atoms with Gasteiger partial charge in [-0.15, -0.1) is 0 Å². The number of nitrogens with one attached hydrogen (secondary N) is 1. The summed E-state index contributed by atoms with van der Waals surface area (Å²) in [6.07, 6.45) is 5.30. The van der Waals surface area contributed by atoms with Crippen LogP contribution < -0.4 is 5.32 Å². The molecule has 1 heteroatoms. The predicted molar refractivity (Wildman–Crippen MR) is 57.8 cm³/mol. The highest BCUT2D eigenvalue weighted by Gasteiger charge is 1.88. The second-order valence-corrected chi connectivity index (χ2v) is 3.01. The van der Waals surface area contributed by atoms with Crippen molar-refractivity contribution in [1.29, 1.82) is 0 Å². The van der Waals surface area contributed by atoms with Crippen molar-refractivity contribution in [1.82, 2.24) is 5.32 Å². The van der Waals surface area contributed by atoms with E-state index in [0.717, 1.165) is 19.5 Å². The topological polar surface area (TPSA) is 12.0 Å². The molecule has 1 rings (SSSR count). The molecule has 0 radical (unpaired) electrons. The summed E-state index contributed by atoms with van der Waals surface area (Å²) in [5, 5.41) is 3.35. The first kappa shape index (κ1) is 10.0. The summed E-state index contributed by atoms with van der Waals surface area (Å²) in [4.78, 5) is 0. The molecule has 70 valence electrons. The molecule has 0 saturated carbocycles. The Labute approximate surface area is 80.5 Å². The van der Waals surface area contributed by atoms with E-state index in [1.165, 1.54) is 5.56 Å². The third-order valence-electron chi connectivity index (χ3n) is 1.93. The van der Waals surface area contributed by atoms with Crippen molar-refractivity contribution < 1.29 is 0 Å². The summed E-state index contributed by atoms with van der Waals surface area (Å²) in [6, 6.07) is 10.5. The van der Waals surface area contributed by atoms with E-state index in [1.807, 2.05) is 6.92 Å². The van der Waals surface area contributed by atoms with Crippen LogP contribution in [0.5, 0.6) is 0 Å². The minimum Gasteiger partial charge on any atom is -0.313 e. The van der Waals surface area contributed by atoms with Crippen molar-refractivity contribution in [3.8, 4) is 0 Å². The van der Waals surface area contributed by atoms with E-state index in [0.29, 0.717) is 0 Å². The largest absolute Gasteiger partial charge is 0.313 e. The van der Waals surface area contributed by atoms with Gasteiger partial charge in [0.1, 0.15) is 0 Å². The maximum atomic E-state index is 3.35. The van der Waals surface area contributed by atoms with Crippen LogP contribution in [0.25, 0.3) is 0 Å². The van der Waals surface area contributed by atoms with Crippen LogP contribution in [0.1, 0.15) is 12.5 Å². The second kappa shape index (κ2) is 6.44. The maximum absolute atomic E-state index is 3.35. The minimum atomic E-state index is 0.976. The smallest absolute Gasteiger partial charge is 0.0134 e. The number of rotatable bonds is 5. The van der Waals surface area contributed by atoms with E-state index in [9.17, 15) is 0 Å². The van der Waals surface area contributed by atoms with Gasteiger partial charge in [-0.25, -0.2) is 0 Å². The number of allylic oxidation sites excluding steroid dienone is 1. The van der Waals surface area contributed by atoms with Gasteiger partial charge in [-0.1, -0.05) is 42.5 Å². The Balaban J connectivity index is 2.13. The number of hydrogen-bond donors (Lipinski definition) is 1. The summed E-state index contributed by atoms with van der Waals surface area (Å²) in [5.41, 5.74) is 1.40. The first-order valence-electron chi connectivity index (χ1n) is 4.79. The summed E-state index contributed by atoms with van der Waals surface area (Å²) < 4.78 is 0. The molecular formula is C12H17N. The first-order valence-corrected chi connectivity index (χ1v) is 4.79. The van der Waals surface area contributed by atoms with Crippen LogP contribution in [-0.4, -0.2) is 13.1 Å². The lowest BCUT2D eigenvalue weighted by Gasteiger charge is -2.01. The highest BCUT2D eigenvalue weighted by molar-refractivity contribution is 5.14. The Bertz CT molecular complexity index is 239. The molecule has 0 amide bonds. The second-order valence-electron chi connectivity index (χ2n) is 3.01. The van der Waals surface area contributed by atoms with Crippen molar-refractivity contribution >= 4 is 0 Å². The highest BCUT2D eigenvalue weighted by atomic mass is 14.8. The highest BCUT2D eigenvalue weighted by Crippen LogP contribution is 1.97. The number of hydrogen-bond acceptors (Lipinski definition) is 1. The van der Waals surface area contributed by atoms with Crippen LogP contribution in [0.15, 0.2) is 42.5 Å². The Kier molecular flexibility index (Phi) is 4.95. The van der Waals surface area contributed by atoms with Gasteiger partial charge in [0.25, 0.3) is 0 Å². The summed E-state index contributed by atoms with van der Waals surface area (Å²) in [6.45, 7) is 4.07. The fourth-order valence-corrected chi connectivity index (χ4v) is 1.18. The molecule has 0 aliphatic carbocycles. The third-order valence-corrected chi connectivity index (χ3v) is 1.93. The third kappa shape index (κ3) is 4.48. The molecule has 0 bridgehead atoms. The lowest BCUT2D eigenvalue weighted by atomic mass is 10.1. The SMILES string of the molecule is C/C=C/CNCCc1ccccc1. The van der Waals surface area contributed by atoms with E-state index in [1.54, 1.807) is 0 Å². The van der Waals surface area contributed by atoms with Crippen LogP contribution in [0.3, 0.4) is 0 Å². The van der Waals surface area contributed by atoms with Gasteiger partial charge in [-0.2, -0.15) is 0 Å². The minimum absolute atomic E-state index is 0.976. The molecule has 0 fully saturated rings. The molecule has 0 saturated heterocycles. The van der Waals surface area contributed by atoms with Crippen LogP contribution in [0.4, 0.5) is 0 Å². The lowest BCUT2D eigenvalue weighted by Crippen LogP contribution is -2.16. The molecule has 1 nitrogen and oxygen atoms in total. The van der Waals surface area contributed by atoms with Gasteiger partial charge in [0.2, 0.25) is 0 Å².